The molecule has 11 heavy (non-hydrogen) atoms. The molecule has 0 aliphatic rings. The van der Waals surface area contributed by atoms with Gasteiger partial charge in [0.05, 0.1) is 0 Å². The average molecular weight is 149 g/mol. The van der Waals surface area contributed by atoms with E-state index in [1.54, 1.807) is 18.6 Å². The molecule has 0 unspecified atom stereocenters. The van der Waals surface area contributed by atoms with Crippen LogP contribution >= 0.6 is 0 Å². The molecule has 0 saturated heterocycles. The fourth-order valence-electron chi connectivity index (χ4n) is 0.652. The van der Waals surface area contributed by atoms with Gasteiger partial charge in [-0.05, 0) is 19.9 Å². The van der Waals surface area contributed by atoms with Crippen molar-refractivity contribution in [2.24, 2.45) is 0 Å². The molecule has 1 aromatic rings. The maximum absolute atomic E-state index is 4.05. The lowest BCUT2D eigenvalue weighted by Crippen LogP contribution is -1.76. The highest BCUT2D eigenvalue weighted by Gasteiger charge is 1.76. The SMILES string of the molecule is Cc1ncc[nH]c(C)ccn1. The third-order valence-corrected chi connectivity index (χ3v) is 1.23. The summed E-state index contributed by atoms with van der Waals surface area (Å²) >= 11 is 0. The summed E-state index contributed by atoms with van der Waals surface area (Å²) in [5, 5.41) is 0. The van der Waals surface area contributed by atoms with Crippen LogP contribution in [0.25, 0.3) is 0 Å². The molecule has 1 N–H and O–H groups in total. The highest BCUT2D eigenvalue weighted by Crippen LogP contribution is 1.83. The van der Waals surface area contributed by atoms with Crippen molar-refractivity contribution in [2.75, 3.05) is 0 Å². The highest BCUT2D eigenvalue weighted by molar-refractivity contribution is 4.93. The maximum atomic E-state index is 4.05. The number of aryl methyl sites for hydroxylation is 2. The maximum Gasteiger partial charge on any atom is 0.125 e. The Bertz CT molecular complexity index is 250. The van der Waals surface area contributed by atoms with Crippen LogP contribution in [0, 0.1) is 13.8 Å². The van der Waals surface area contributed by atoms with Gasteiger partial charge in [-0.25, -0.2) is 9.97 Å². The van der Waals surface area contributed by atoms with Gasteiger partial charge in [-0.3, -0.25) is 0 Å². The van der Waals surface area contributed by atoms with Crippen molar-refractivity contribution in [1.82, 2.24) is 15.0 Å². The lowest BCUT2D eigenvalue weighted by atomic mass is 10.5. The summed E-state index contributed by atoms with van der Waals surface area (Å²) in [5.41, 5.74) is 1.05. The molecule has 0 radical (unpaired) electrons. The predicted molar refractivity (Wildman–Crippen MR) is 43.5 cm³/mol. The Morgan fingerprint density at radius 3 is 2.73 bits per heavy atom. The van der Waals surface area contributed by atoms with Gasteiger partial charge in [-0.2, -0.15) is 0 Å². The number of hydrogen-bond donors (Lipinski definition) is 1. The van der Waals surface area contributed by atoms with Gasteiger partial charge in [0.15, 0.2) is 0 Å². The topological polar surface area (TPSA) is 41.6 Å². The number of aromatic amines is 1. The van der Waals surface area contributed by atoms with Crippen molar-refractivity contribution in [3.05, 3.63) is 36.2 Å². The first-order valence-electron chi connectivity index (χ1n) is 3.46. The molecule has 0 fully saturated rings. The standard InChI is InChI=1S/C8H11N3/c1-7-3-4-10-8(2)11-6-5-9-7/h3-6,9H,1-2H3. The number of aromatic nitrogens is 3. The molecule has 0 saturated carbocycles. The fraction of sp³-hybridized carbons (Fsp3) is 0.250. The summed E-state index contributed by atoms with van der Waals surface area (Å²) in [6.45, 7) is 3.83. The normalized spacial score (nSPS) is 8.91. The van der Waals surface area contributed by atoms with E-state index < -0.39 is 0 Å². The number of rotatable bonds is 0. The molecule has 1 aromatic heterocycles. The van der Waals surface area contributed by atoms with Crippen LogP contribution in [0.5, 0.6) is 0 Å². The molecule has 3 heteroatoms. The van der Waals surface area contributed by atoms with Gasteiger partial charge in [0.25, 0.3) is 0 Å². The van der Waals surface area contributed by atoms with Crippen LogP contribution in [0.4, 0.5) is 0 Å². The Labute approximate surface area is 65.9 Å². The van der Waals surface area contributed by atoms with E-state index in [4.69, 9.17) is 0 Å². The van der Waals surface area contributed by atoms with Crippen LogP contribution in [0.1, 0.15) is 11.5 Å². The summed E-state index contributed by atoms with van der Waals surface area (Å²) in [6, 6.07) is 1.90. The Kier molecular flexibility index (Phi) is 2.60. The average Bonchev–Trinajstić information content (AvgIpc) is 2.04. The lowest BCUT2D eigenvalue weighted by molar-refractivity contribution is 1.08. The Morgan fingerprint density at radius 1 is 1.18 bits per heavy atom. The zero-order valence-corrected chi connectivity index (χ0v) is 6.70. The van der Waals surface area contributed by atoms with Crippen molar-refractivity contribution in [1.29, 1.82) is 0 Å². The molecule has 0 aromatic carbocycles. The summed E-state index contributed by atoms with van der Waals surface area (Å²) in [5.74, 6) is 0.758. The zero-order chi connectivity index (χ0) is 8.10. The smallest absolute Gasteiger partial charge is 0.125 e. The van der Waals surface area contributed by atoms with Crippen LogP contribution in [-0.2, 0) is 0 Å². The van der Waals surface area contributed by atoms with E-state index >= 15 is 0 Å². The first-order chi connectivity index (χ1) is 5.29. The molecule has 0 atom stereocenters. The zero-order valence-electron chi connectivity index (χ0n) is 6.70. The molecule has 0 aliphatic carbocycles. The number of H-pyrrole nitrogens is 1. The van der Waals surface area contributed by atoms with Crippen molar-refractivity contribution in [2.45, 2.75) is 13.8 Å². The van der Waals surface area contributed by atoms with Gasteiger partial charge in [0.2, 0.25) is 0 Å². The van der Waals surface area contributed by atoms with E-state index in [0.717, 1.165) is 11.5 Å². The molecule has 0 aliphatic heterocycles. The number of hydrogen-bond acceptors (Lipinski definition) is 2. The van der Waals surface area contributed by atoms with Crippen LogP contribution in [0.15, 0.2) is 24.7 Å². The monoisotopic (exact) mass is 149 g/mol. The predicted octanol–water partition coefficient (Wildman–Crippen LogP) is 1.55. The minimum atomic E-state index is 0.758. The van der Waals surface area contributed by atoms with Crippen LogP contribution in [0.2, 0.25) is 0 Å². The lowest BCUT2D eigenvalue weighted by Gasteiger charge is -1.79. The van der Waals surface area contributed by atoms with E-state index in [0.29, 0.717) is 0 Å². The third kappa shape index (κ3) is 2.80. The van der Waals surface area contributed by atoms with Crippen LogP contribution in [0.3, 0.4) is 0 Å². The van der Waals surface area contributed by atoms with E-state index in [9.17, 15) is 0 Å². The molecule has 58 valence electrons. The summed E-state index contributed by atoms with van der Waals surface area (Å²) in [6.07, 6.45) is 5.20. The Hall–Kier alpha value is -1.38. The van der Waals surface area contributed by atoms with E-state index in [-0.39, 0.29) is 0 Å². The van der Waals surface area contributed by atoms with Gasteiger partial charge in [-0.1, -0.05) is 0 Å². The molecule has 0 bridgehead atoms. The minimum Gasteiger partial charge on any atom is -0.364 e. The molecular formula is C8H11N3. The molecule has 3 nitrogen and oxygen atoms in total. The van der Waals surface area contributed by atoms with E-state index in [1.807, 2.05) is 19.9 Å². The van der Waals surface area contributed by atoms with Gasteiger partial charge < -0.3 is 4.98 Å². The second-order valence-corrected chi connectivity index (χ2v) is 2.26. The largest absolute Gasteiger partial charge is 0.364 e. The third-order valence-electron chi connectivity index (χ3n) is 1.23. The van der Waals surface area contributed by atoms with E-state index in [1.165, 1.54) is 0 Å². The second kappa shape index (κ2) is 3.71. The van der Waals surface area contributed by atoms with Gasteiger partial charge >= 0.3 is 0 Å². The van der Waals surface area contributed by atoms with Crippen molar-refractivity contribution in [3.63, 3.8) is 0 Å². The molecule has 1 rings (SSSR count). The highest BCUT2D eigenvalue weighted by atomic mass is 14.8. The van der Waals surface area contributed by atoms with Gasteiger partial charge in [0.1, 0.15) is 5.82 Å². The van der Waals surface area contributed by atoms with Crippen molar-refractivity contribution >= 4 is 0 Å². The van der Waals surface area contributed by atoms with Crippen LogP contribution < -0.4 is 0 Å². The van der Waals surface area contributed by atoms with Crippen molar-refractivity contribution < 1.29 is 0 Å². The molecule has 0 amide bonds. The second-order valence-electron chi connectivity index (χ2n) is 2.26. The first kappa shape index (κ1) is 7.72. The molecule has 1 heterocycles. The van der Waals surface area contributed by atoms with E-state index in [2.05, 4.69) is 15.0 Å². The fourth-order valence-corrected chi connectivity index (χ4v) is 0.652. The number of nitrogens with zero attached hydrogens (tertiary/aromatic N) is 2. The summed E-state index contributed by atoms with van der Waals surface area (Å²) in [7, 11) is 0. The Morgan fingerprint density at radius 2 is 1.91 bits per heavy atom. The Balaban J connectivity index is 3.21. The molecule has 0 spiro atoms. The quantitative estimate of drug-likeness (QED) is 0.608. The van der Waals surface area contributed by atoms with Crippen LogP contribution in [-0.4, -0.2) is 15.0 Å². The summed E-state index contributed by atoms with van der Waals surface area (Å²) in [4.78, 5) is 11.1. The number of nitrogens with one attached hydrogen (secondary N) is 1. The van der Waals surface area contributed by atoms with Gasteiger partial charge in [0, 0.05) is 24.3 Å². The van der Waals surface area contributed by atoms with Gasteiger partial charge in [-0.15, -0.1) is 0 Å². The molecular weight excluding hydrogens is 138 g/mol. The first-order valence-corrected chi connectivity index (χ1v) is 3.46. The minimum absolute atomic E-state index is 0.758. The summed E-state index contributed by atoms with van der Waals surface area (Å²) < 4.78 is 0. The van der Waals surface area contributed by atoms with Crippen molar-refractivity contribution in [3.8, 4) is 0 Å².